The van der Waals surface area contributed by atoms with E-state index in [-0.39, 0.29) is 0 Å². The number of hydrogen-bond donors (Lipinski definition) is 1. The van der Waals surface area contributed by atoms with Crippen molar-refractivity contribution in [3.8, 4) is 0 Å². The Morgan fingerprint density at radius 3 is 0.810 bits per heavy atom. The second-order valence-corrected chi connectivity index (χ2v) is 3.75. The second kappa shape index (κ2) is 4.78. The average molecular weight is 349 g/mol. The van der Waals surface area contributed by atoms with E-state index in [1.54, 1.807) is 0 Å². The van der Waals surface area contributed by atoms with E-state index in [9.17, 15) is 57.1 Å². The van der Waals surface area contributed by atoms with Gasteiger partial charge in [-0.15, -0.1) is 0 Å². The highest BCUT2D eigenvalue weighted by Crippen LogP contribution is 2.65. The molecule has 128 valence electrons. The van der Waals surface area contributed by atoms with E-state index in [1.807, 2.05) is 0 Å². The molecular formula is C7H4F13N. The SMILES string of the molecule is NCC(C(F)(F)F)(C(F)(F)C(F)(F)F)C(F)(F)C(F)(F)F. The van der Waals surface area contributed by atoms with Crippen molar-refractivity contribution >= 4 is 0 Å². The Kier molecular flexibility index (Phi) is 4.56. The summed E-state index contributed by atoms with van der Waals surface area (Å²) < 4.78 is 160. The highest BCUT2D eigenvalue weighted by atomic mass is 19.4. The van der Waals surface area contributed by atoms with Crippen molar-refractivity contribution in [1.29, 1.82) is 0 Å². The minimum atomic E-state index is -7.49. The zero-order valence-corrected chi connectivity index (χ0v) is 9.20. The third kappa shape index (κ3) is 2.50. The van der Waals surface area contributed by atoms with Crippen molar-refractivity contribution < 1.29 is 57.1 Å². The van der Waals surface area contributed by atoms with Crippen molar-refractivity contribution in [3.05, 3.63) is 0 Å². The van der Waals surface area contributed by atoms with Gasteiger partial charge in [-0.05, 0) is 0 Å². The molecule has 0 aromatic heterocycles. The van der Waals surface area contributed by atoms with E-state index in [1.165, 1.54) is 0 Å². The van der Waals surface area contributed by atoms with E-state index in [0.29, 0.717) is 0 Å². The Bertz CT molecular complexity index is 345. The highest BCUT2D eigenvalue weighted by Gasteiger charge is 2.92. The lowest BCUT2D eigenvalue weighted by Gasteiger charge is -2.45. The quantitative estimate of drug-likeness (QED) is 0.769. The van der Waals surface area contributed by atoms with Crippen LogP contribution in [-0.2, 0) is 0 Å². The number of alkyl halides is 13. The van der Waals surface area contributed by atoms with Crippen LogP contribution in [0.3, 0.4) is 0 Å². The van der Waals surface area contributed by atoms with Crippen LogP contribution in [0.4, 0.5) is 57.1 Å². The summed E-state index contributed by atoms with van der Waals surface area (Å²) in [6.45, 7) is -3.35. The van der Waals surface area contributed by atoms with Crippen molar-refractivity contribution in [3.63, 3.8) is 0 Å². The standard InChI is InChI=1S/C7H4F13N/c8-3(9,6(15,16)17)2(1-21,5(12,13)14)4(10,11)7(18,19)20/h1,21H2. The molecule has 0 aliphatic heterocycles. The lowest BCUT2D eigenvalue weighted by atomic mass is 9.73. The van der Waals surface area contributed by atoms with E-state index in [0.717, 1.165) is 0 Å². The molecule has 0 saturated carbocycles. The van der Waals surface area contributed by atoms with E-state index >= 15 is 0 Å². The van der Waals surface area contributed by atoms with Crippen LogP contribution in [0, 0.1) is 5.41 Å². The summed E-state index contributed by atoms with van der Waals surface area (Å²) in [5.41, 5.74) is -3.02. The van der Waals surface area contributed by atoms with Gasteiger partial charge >= 0.3 is 30.4 Å². The van der Waals surface area contributed by atoms with Gasteiger partial charge in [-0.2, -0.15) is 57.1 Å². The minimum Gasteiger partial charge on any atom is -0.329 e. The van der Waals surface area contributed by atoms with Crippen LogP contribution < -0.4 is 5.73 Å². The van der Waals surface area contributed by atoms with Gasteiger partial charge in [0.15, 0.2) is 0 Å². The number of rotatable bonds is 3. The Morgan fingerprint density at radius 2 is 0.714 bits per heavy atom. The molecule has 0 aliphatic rings. The molecule has 0 spiro atoms. The van der Waals surface area contributed by atoms with Crippen LogP contribution in [0.2, 0.25) is 0 Å². The largest absolute Gasteiger partial charge is 0.454 e. The van der Waals surface area contributed by atoms with Crippen LogP contribution in [0.1, 0.15) is 0 Å². The van der Waals surface area contributed by atoms with Crippen LogP contribution in [0.25, 0.3) is 0 Å². The first-order valence-corrected chi connectivity index (χ1v) is 4.47. The molecule has 0 atom stereocenters. The molecule has 0 saturated heterocycles. The average Bonchev–Trinajstić information content (AvgIpc) is 2.11. The maximum absolute atomic E-state index is 12.9. The maximum atomic E-state index is 12.9. The molecule has 0 aromatic carbocycles. The molecule has 0 fully saturated rings. The molecule has 0 rings (SSSR count). The van der Waals surface area contributed by atoms with Gasteiger partial charge in [0.25, 0.3) is 0 Å². The zero-order valence-electron chi connectivity index (χ0n) is 9.20. The first kappa shape index (κ1) is 20.1. The van der Waals surface area contributed by atoms with Crippen molar-refractivity contribution in [2.24, 2.45) is 11.1 Å². The molecular weight excluding hydrogens is 345 g/mol. The van der Waals surface area contributed by atoms with Crippen LogP contribution in [0.15, 0.2) is 0 Å². The molecule has 0 bridgehead atoms. The van der Waals surface area contributed by atoms with Gasteiger partial charge in [0.1, 0.15) is 0 Å². The number of nitrogens with two attached hydrogens (primary N) is 1. The molecule has 1 nitrogen and oxygen atoms in total. The fraction of sp³-hybridized carbons (Fsp3) is 1.00. The summed E-state index contributed by atoms with van der Waals surface area (Å²) in [5.74, 6) is -15.0. The summed E-state index contributed by atoms with van der Waals surface area (Å²) in [6.07, 6.45) is -22.0. The topological polar surface area (TPSA) is 26.0 Å². The predicted octanol–water partition coefficient (Wildman–Crippen LogP) is 3.89. The molecule has 0 heterocycles. The number of halogens is 13. The Balaban J connectivity index is 6.74. The second-order valence-electron chi connectivity index (χ2n) is 3.75. The molecule has 0 radical (unpaired) electrons. The lowest BCUT2D eigenvalue weighted by Crippen LogP contribution is -2.73. The van der Waals surface area contributed by atoms with E-state index in [4.69, 9.17) is 0 Å². The molecule has 2 N–H and O–H groups in total. The first-order valence-electron chi connectivity index (χ1n) is 4.47. The van der Waals surface area contributed by atoms with Crippen LogP contribution in [-0.4, -0.2) is 36.9 Å². The summed E-state index contributed by atoms with van der Waals surface area (Å²) in [4.78, 5) is 0. The molecule has 21 heavy (non-hydrogen) atoms. The Labute approximate surface area is 106 Å². The van der Waals surface area contributed by atoms with Crippen LogP contribution in [0.5, 0.6) is 0 Å². The molecule has 0 aliphatic carbocycles. The van der Waals surface area contributed by atoms with Crippen molar-refractivity contribution in [2.45, 2.75) is 30.4 Å². The smallest absolute Gasteiger partial charge is 0.329 e. The van der Waals surface area contributed by atoms with Gasteiger partial charge in [-0.25, -0.2) is 0 Å². The normalized spacial score (nSPS) is 16.3. The zero-order chi connectivity index (χ0) is 17.7. The molecule has 0 unspecified atom stereocenters. The summed E-state index contributed by atoms with van der Waals surface area (Å²) in [6, 6.07) is 0. The van der Waals surface area contributed by atoms with Crippen LogP contribution >= 0.6 is 0 Å². The lowest BCUT2D eigenvalue weighted by molar-refractivity contribution is -0.459. The van der Waals surface area contributed by atoms with Gasteiger partial charge < -0.3 is 5.73 Å². The molecule has 14 heteroatoms. The Hall–Kier alpha value is -0.950. The van der Waals surface area contributed by atoms with Crippen molar-refractivity contribution in [1.82, 2.24) is 0 Å². The summed E-state index contributed by atoms with van der Waals surface area (Å²) >= 11 is 0. The summed E-state index contributed by atoms with van der Waals surface area (Å²) in [5, 5.41) is 0. The van der Waals surface area contributed by atoms with Gasteiger partial charge in [0, 0.05) is 6.54 Å². The minimum absolute atomic E-state index is 3.35. The van der Waals surface area contributed by atoms with E-state index < -0.39 is 42.3 Å². The van der Waals surface area contributed by atoms with Gasteiger partial charge in [0.05, 0.1) is 0 Å². The van der Waals surface area contributed by atoms with Gasteiger partial charge in [-0.3, -0.25) is 0 Å². The third-order valence-corrected chi connectivity index (χ3v) is 2.57. The van der Waals surface area contributed by atoms with Gasteiger partial charge in [0.2, 0.25) is 5.41 Å². The number of hydrogen-bond acceptors (Lipinski definition) is 1. The monoisotopic (exact) mass is 349 g/mol. The van der Waals surface area contributed by atoms with Gasteiger partial charge in [-0.1, -0.05) is 0 Å². The third-order valence-electron chi connectivity index (χ3n) is 2.57. The fourth-order valence-electron chi connectivity index (χ4n) is 1.41. The molecule has 0 aromatic rings. The molecule has 0 amide bonds. The predicted molar refractivity (Wildman–Crippen MR) is 39.5 cm³/mol. The maximum Gasteiger partial charge on any atom is 0.454 e. The first-order chi connectivity index (χ1) is 8.81. The van der Waals surface area contributed by atoms with E-state index in [2.05, 4.69) is 5.73 Å². The van der Waals surface area contributed by atoms with Crippen molar-refractivity contribution in [2.75, 3.05) is 6.54 Å². The summed E-state index contributed by atoms with van der Waals surface area (Å²) in [7, 11) is 0. The Morgan fingerprint density at radius 1 is 0.476 bits per heavy atom. The fourth-order valence-corrected chi connectivity index (χ4v) is 1.41. The highest BCUT2D eigenvalue weighted by molar-refractivity contribution is 5.12.